The normalized spacial score (nSPS) is 20.1. The average molecular weight is 236 g/mol. The molecule has 0 bridgehead atoms. The number of piperazine rings is 1. The summed E-state index contributed by atoms with van der Waals surface area (Å²) in [4.78, 5) is 12.9. The molecule has 0 aromatic heterocycles. The summed E-state index contributed by atoms with van der Waals surface area (Å²) in [5.41, 5.74) is 0. The zero-order valence-electron chi connectivity index (χ0n) is 8.64. The highest BCUT2D eigenvalue weighted by Crippen LogP contribution is 2.03. The van der Waals surface area contributed by atoms with E-state index in [1.165, 1.54) is 4.31 Å². The van der Waals surface area contributed by atoms with Crippen molar-refractivity contribution in [3.63, 3.8) is 0 Å². The molecule has 1 rings (SSSR count). The van der Waals surface area contributed by atoms with Crippen molar-refractivity contribution in [2.45, 2.75) is 0 Å². The van der Waals surface area contributed by atoms with Crippen molar-refractivity contribution in [3.8, 4) is 0 Å². The standard InChI is InChI=1S/C7H16N4O3S/c1-9-7(12)6-10-2-4-11(5-3-10)15(8,13)14/h2-6H2,1H3,(H,9,12)(H2,8,13,14). The molecule has 0 saturated carbocycles. The number of likely N-dealkylation sites (N-methyl/N-ethyl adjacent to an activating group) is 1. The van der Waals surface area contributed by atoms with E-state index in [1.807, 2.05) is 4.90 Å². The molecule has 0 radical (unpaired) electrons. The summed E-state index contributed by atoms with van der Waals surface area (Å²) in [7, 11) is -2.00. The van der Waals surface area contributed by atoms with Crippen LogP contribution < -0.4 is 10.5 Å². The number of nitrogens with one attached hydrogen (secondary N) is 1. The molecule has 0 spiro atoms. The van der Waals surface area contributed by atoms with E-state index in [1.54, 1.807) is 7.05 Å². The molecule has 7 nitrogen and oxygen atoms in total. The van der Waals surface area contributed by atoms with Crippen LogP contribution in [0.3, 0.4) is 0 Å². The number of hydrogen-bond donors (Lipinski definition) is 2. The molecule has 0 aromatic rings. The highest BCUT2D eigenvalue weighted by Gasteiger charge is 2.24. The molecule has 1 aliphatic heterocycles. The summed E-state index contributed by atoms with van der Waals surface area (Å²) in [6, 6.07) is 0. The molecule has 1 fully saturated rings. The summed E-state index contributed by atoms with van der Waals surface area (Å²) < 4.78 is 23.2. The van der Waals surface area contributed by atoms with E-state index >= 15 is 0 Å². The van der Waals surface area contributed by atoms with E-state index in [4.69, 9.17) is 5.14 Å². The zero-order chi connectivity index (χ0) is 11.5. The van der Waals surface area contributed by atoms with E-state index in [2.05, 4.69) is 5.32 Å². The fourth-order valence-electron chi connectivity index (χ4n) is 1.42. The first-order chi connectivity index (χ1) is 6.93. The molecule has 1 aliphatic rings. The van der Waals surface area contributed by atoms with Crippen LogP contribution in [0.5, 0.6) is 0 Å². The topological polar surface area (TPSA) is 95.7 Å². The van der Waals surface area contributed by atoms with Gasteiger partial charge in [0, 0.05) is 33.2 Å². The van der Waals surface area contributed by atoms with Gasteiger partial charge in [-0.15, -0.1) is 0 Å². The average Bonchev–Trinajstić information content (AvgIpc) is 2.17. The summed E-state index contributed by atoms with van der Waals surface area (Å²) in [5, 5.41) is 7.50. The van der Waals surface area contributed by atoms with Crippen LogP contribution in [0, 0.1) is 0 Å². The van der Waals surface area contributed by atoms with E-state index < -0.39 is 10.2 Å². The van der Waals surface area contributed by atoms with Crippen molar-refractivity contribution in [2.75, 3.05) is 39.8 Å². The second kappa shape index (κ2) is 4.88. The molecule has 0 aliphatic carbocycles. The Morgan fingerprint density at radius 1 is 1.33 bits per heavy atom. The molecule has 0 aromatic carbocycles. The predicted molar refractivity (Wildman–Crippen MR) is 55.2 cm³/mol. The smallest absolute Gasteiger partial charge is 0.276 e. The number of carbonyl (C=O) groups excluding carboxylic acids is 1. The maximum Gasteiger partial charge on any atom is 0.276 e. The van der Waals surface area contributed by atoms with Crippen LogP contribution in [-0.2, 0) is 15.0 Å². The Morgan fingerprint density at radius 2 is 1.87 bits per heavy atom. The Morgan fingerprint density at radius 3 is 2.27 bits per heavy atom. The molecule has 88 valence electrons. The number of amides is 1. The second-order valence-corrected chi connectivity index (χ2v) is 4.94. The Bertz CT molecular complexity index is 321. The molecule has 1 saturated heterocycles. The summed E-state index contributed by atoms with van der Waals surface area (Å²) in [5.74, 6) is -0.0703. The van der Waals surface area contributed by atoms with E-state index in [0.29, 0.717) is 32.7 Å². The molecule has 1 amide bonds. The molecular weight excluding hydrogens is 220 g/mol. The van der Waals surface area contributed by atoms with Crippen LogP contribution in [0.25, 0.3) is 0 Å². The predicted octanol–water partition coefficient (Wildman–Crippen LogP) is -2.45. The fraction of sp³-hybridized carbons (Fsp3) is 0.857. The lowest BCUT2D eigenvalue weighted by Gasteiger charge is -2.32. The largest absolute Gasteiger partial charge is 0.358 e. The van der Waals surface area contributed by atoms with Gasteiger partial charge in [0.1, 0.15) is 0 Å². The molecule has 15 heavy (non-hydrogen) atoms. The minimum Gasteiger partial charge on any atom is -0.358 e. The molecule has 1 heterocycles. The number of carbonyl (C=O) groups is 1. The van der Waals surface area contributed by atoms with E-state index in [-0.39, 0.29) is 5.91 Å². The van der Waals surface area contributed by atoms with E-state index in [9.17, 15) is 13.2 Å². The maximum absolute atomic E-state index is 11.0. The monoisotopic (exact) mass is 236 g/mol. The van der Waals surface area contributed by atoms with Gasteiger partial charge in [-0.25, -0.2) is 5.14 Å². The van der Waals surface area contributed by atoms with Gasteiger partial charge in [0.15, 0.2) is 0 Å². The summed E-state index contributed by atoms with van der Waals surface area (Å²) >= 11 is 0. The number of nitrogens with two attached hydrogens (primary N) is 1. The van der Waals surface area contributed by atoms with Gasteiger partial charge in [0.2, 0.25) is 5.91 Å². The van der Waals surface area contributed by atoms with Crippen LogP contribution >= 0.6 is 0 Å². The zero-order valence-corrected chi connectivity index (χ0v) is 9.46. The third-order valence-electron chi connectivity index (χ3n) is 2.34. The summed E-state index contributed by atoms with van der Waals surface area (Å²) in [6.45, 7) is 2.05. The first-order valence-corrected chi connectivity index (χ1v) is 6.14. The van der Waals surface area contributed by atoms with Crippen molar-refractivity contribution in [1.29, 1.82) is 0 Å². The maximum atomic E-state index is 11.0. The van der Waals surface area contributed by atoms with Gasteiger partial charge in [-0.1, -0.05) is 0 Å². The SMILES string of the molecule is CNC(=O)CN1CCN(S(N)(=O)=O)CC1. The second-order valence-electron chi connectivity index (χ2n) is 3.39. The van der Waals surface area contributed by atoms with Crippen molar-refractivity contribution < 1.29 is 13.2 Å². The van der Waals surface area contributed by atoms with Crippen LogP contribution in [-0.4, -0.2) is 63.3 Å². The van der Waals surface area contributed by atoms with Crippen molar-refractivity contribution >= 4 is 16.1 Å². The minimum atomic E-state index is -3.58. The molecule has 0 unspecified atom stereocenters. The van der Waals surface area contributed by atoms with Crippen LogP contribution in [0.2, 0.25) is 0 Å². The lowest BCUT2D eigenvalue weighted by molar-refractivity contribution is -0.122. The molecule has 3 N–H and O–H groups in total. The first-order valence-electron chi connectivity index (χ1n) is 4.64. The summed E-state index contributed by atoms with van der Waals surface area (Å²) in [6.07, 6.45) is 0. The third-order valence-corrected chi connectivity index (χ3v) is 3.42. The van der Waals surface area contributed by atoms with Gasteiger partial charge in [-0.3, -0.25) is 9.69 Å². The molecular formula is C7H16N4O3S. The van der Waals surface area contributed by atoms with Crippen molar-refractivity contribution in [1.82, 2.24) is 14.5 Å². The Kier molecular flexibility index (Phi) is 4.03. The minimum absolute atomic E-state index is 0.0703. The van der Waals surface area contributed by atoms with Gasteiger partial charge >= 0.3 is 0 Å². The van der Waals surface area contributed by atoms with Crippen LogP contribution in [0.1, 0.15) is 0 Å². The quantitative estimate of drug-likeness (QED) is 0.569. The van der Waals surface area contributed by atoms with Gasteiger partial charge in [0.05, 0.1) is 6.54 Å². The molecule has 0 atom stereocenters. The number of hydrogen-bond acceptors (Lipinski definition) is 4. The lowest BCUT2D eigenvalue weighted by atomic mass is 10.3. The van der Waals surface area contributed by atoms with Gasteiger partial charge in [0.25, 0.3) is 10.2 Å². The highest BCUT2D eigenvalue weighted by atomic mass is 32.2. The fourth-order valence-corrected chi connectivity index (χ4v) is 2.10. The van der Waals surface area contributed by atoms with Crippen LogP contribution in [0.4, 0.5) is 0 Å². The number of rotatable bonds is 3. The van der Waals surface area contributed by atoms with Crippen molar-refractivity contribution in [3.05, 3.63) is 0 Å². The van der Waals surface area contributed by atoms with Gasteiger partial charge < -0.3 is 5.32 Å². The number of nitrogens with zero attached hydrogens (tertiary/aromatic N) is 2. The van der Waals surface area contributed by atoms with Gasteiger partial charge in [-0.2, -0.15) is 12.7 Å². The van der Waals surface area contributed by atoms with Gasteiger partial charge in [-0.05, 0) is 0 Å². The highest BCUT2D eigenvalue weighted by molar-refractivity contribution is 7.86. The van der Waals surface area contributed by atoms with Crippen LogP contribution in [0.15, 0.2) is 0 Å². The molecule has 8 heteroatoms. The third kappa shape index (κ3) is 3.74. The van der Waals surface area contributed by atoms with E-state index in [0.717, 1.165) is 0 Å². The Hall–Kier alpha value is -0.700. The Balaban J connectivity index is 2.40. The Labute approximate surface area is 89.4 Å². The van der Waals surface area contributed by atoms with Crippen molar-refractivity contribution in [2.24, 2.45) is 5.14 Å². The lowest BCUT2D eigenvalue weighted by Crippen LogP contribution is -2.52. The first kappa shape index (κ1) is 12.4.